The summed E-state index contributed by atoms with van der Waals surface area (Å²) in [6, 6.07) is 0. The van der Waals surface area contributed by atoms with Crippen molar-refractivity contribution in [3.05, 3.63) is 0 Å². The van der Waals surface area contributed by atoms with Crippen molar-refractivity contribution < 1.29 is 9.18 Å². The van der Waals surface area contributed by atoms with Crippen molar-refractivity contribution in [1.82, 2.24) is 0 Å². The Kier molecular flexibility index (Phi) is 5.43. The van der Waals surface area contributed by atoms with Gasteiger partial charge >= 0.3 is 0 Å². The molecule has 94 valence electrons. The van der Waals surface area contributed by atoms with Crippen LogP contribution in [0.5, 0.6) is 0 Å². The minimum Gasteiger partial charge on any atom is -0.299 e. The molecule has 0 unspecified atom stereocenters. The zero-order chi connectivity index (χ0) is 12.0. The summed E-state index contributed by atoms with van der Waals surface area (Å²) in [7, 11) is 0. The van der Waals surface area contributed by atoms with Gasteiger partial charge in [-0.25, -0.2) is 4.39 Å². The van der Waals surface area contributed by atoms with Gasteiger partial charge in [0.25, 0.3) is 0 Å². The number of Topliss-reactive ketones (excluding diaryl/α,β-unsaturated/α-hetero) is 1. The Morgan fingerprint density at radius 1 is 1.19 bits per heavy atom. The number of ketones is 1. The van der Waals surface area contributed by atoms with Gasteiger partial charge in [-0.2, -0.15) is 0 Å². The fourth-order valence-corrected chi connectivity index (χ4v) is 2.58. The SMILES string of the molecule is CCC(F)(CC)CCC(=O)C1CCCCC1. The summed E-state index contributed by atoms with van der Waals surface area (Å²) in [5.41, 5.74) is -1.11. The van der Waals surface area contributed by atoms with E-state index >= 15 is 0 Å². The zero-order valence-corrected chi connectivity index (χ0v) is 10.7. The second-order valence-corrected chi connectivity index (χ2v) is 5.16. The standard InChI is InChI=1S/C14H25FO/c1-3-14(15,4-2)11-10-13(16)12-8-6-5-7-9-12/h12H,3-11H2,1-2H3. The normalized spacial score (nSPS) is 18.7. The van der Waals surface area contributed by atoms with E-state index in [1.54, 1.807) is 0 Å². The molecule has 1 rings (SSSR count). The van der Waals surface area contributed by atoms with Crippen LogP contribution in [0.2, 0.25) is 0 Å². The van der Waals surface area contributed by atoms with Crippen LogP contribution >= 0.6 is 0 Å². The second-order valence-electron chi connectivity index (χ2n) is 5.16. The van der Waals surface area contributed by atoms with E-state index in [2.05, 4.69) is 0 Å². The molecule has 0 aliphatic heterocycles. The summed E-state index contributed by atoms with van der Waals surface area (Å²) >= 11 is 0. The summed E-state index contributed by atoms with van der Waals surface area (Å²) in [4.78, 5) is 11.9. The number of carbonyl (C=O) groups is 1. The van der Waals surface area contributed by atoms with Gasteiger partial charge in [0.2, 0.25) is 0 Å². The molecule has 1 saturated carbocycles. The van der Waals surface area contributed by atoms with Crippen LogP contribution in [-0.2, 0) is 4.79 Å². The lowest BCUT2D eigenvalue weighted by molar-refractivity contribution is -0.124. The van der Waals surface area contributed by atoms with Gasteiger partial charge < -0.3 is 0 Å². The second kappa shape index (κ2) is 6.36. The van der Waals surface area contributed by atoms with Crippen molar-refractivity contribution in [3.63, 3.8) is 0 Å². The molecule has 1 nitrogen and oxygen atoms in total. The van der Waals surface area contributed by atoms with Gasteiger partial charge in [0.1, 0.15) is 11.5 Å². The van der Waals surface area contributed by atoms with Crippen molar-refractivity contribution in [3.8, 4) is 0 Å². The smallest absolute Gasteiger partial charge is 0.136 e. The molecular formula is C14H25FO. The van der Waals surface area contributed by atoms with Gasteiger partial charge in [0.15, 0.2) is 0 Å². The first-order valence-corrected chi connectivity index (χ1v) is 6.83. The first kappa shape index (κ1) is 13.7. The van der Waals surface area contributed by atoms with Gasteiger partial charge in [0.05, 0.1) is 0 Å². The molecular weight excluding hydrogens is 203 g/mol. The van der Waals surface area contributed by atoms with E-state index in [-0.39, 0.29) is 5.92 Å². The predicted molar refractivity (Wildman–Crippen MR) is 65.2 cm³/mol. The molecule has 0 aromatic carbocycles. The van der Waals surface area contributed by atoms with E-state index < -0.39 is 5.67 Å². The zero-order valence-electron chi connectivity index (χ0n) is 10.7. The van der Waals surface area contributed by atoms with Crippen LogP contribution in [0.3, 0.4) is 0 Å². The van der Waals surface area contributed by atoms with Gasteiger partial charge in [-0.05, 0) is 32.1 Å². The molecule has 0 N–H and O–H groups in total. The fourth-order valence-electron chi connectivity index (χ4n) is 2.58. The van der Waals surface area contributed by atoms with Crippen LogP contribution in [0.25, 0.3) is 0 Å². The molecule has 0 amide bonds. The highest BCUT2D eigenvalue weighted by molar-refractivity contribution is 5.81. The average molecular weight is 228 g/mol. The predicted octanol–water partition coefficient (Wildman–Crippen LogP) is 4.44. The number of alkyl halides is 1. The van der Waals surface area contributed by atoms with Crippen LogP contribution in [0, 0.1) is 5.92 Å². The molecule has 2 heteroatoms. The summed E-state index contributed by atoms with van der Waals surface area (Å²) in [5.74, 6) is 0.551. The van der Waals surface area contributed by atoms with Crippen LogP contribution < -0.4 is 0 Å². The van der Waals surface area contributed by atoms with Crippen molar-refractivity contribution in [2.75, 3.05) is 0 Å². The van der Waals surface area contributed by atoms with Crippen LogP contribution in [0.4, 0.5) is 4.39 Å². The highest BCUT2D eigenvalue weighted by atomic mass is 19.1. The third-order valence-corrected chi connectivity index (χ3v) is 4.15. The molecule has 0 bridgehead atoms. The van der Waals surface area contributed by atoms with E-state index in [0.29, 0.717) is 31.5 Å². The molecule has 0 radical (unpaired) electrons. The van der Waals surface area contributed by atoms with Crippen molar-refractivity contribution in [2.45, 2.75) is 77.3 Å². The highest BCUT2D eigenvalue weighted by Crippen LogP contribution is 2.30. The minimum atomic E-state index is -1.11. The molecule has 0 saturated heterocycles. The lowest BCUT2D eigenvalue weighted by atomic mass is 9.83. The fraction of sp³-hybridized carbons (Fsp3) is 0.929. The lowest BCUT2D eigenvalue weighted by Crippen LogP contribution is -2.24. The largest absolute Gasteiger partial charge is 0.299 e. The average Bonchev–Trinajstić information content (AvgIpc) is 2.36. The molecule has 0 heterocycles. The van der Waals surface area contributed by atoms with Gasteiger partial charge in [-0.1, -0.05) is 33.1 Å². The number of carbonyl (C=O) groups excluding carboxylic acids is 1. The van der Waals surface area contributed by atoms with E-state index in [0.717, 1.165) is 12.8 Å². The van der Waals surface area contributed by atoms with Gasteiger partial charge in [-0.3, -0.25) is 4.79 Å². The molecule has 1 fully saturated rings. The number of hydrogen-bond acceptors (Lipinski definition) is 1. The summed E-state index contributed by atoms with van der Waals surface area (Å²) in [6.07, 6.45) is 7.63. The first-order chi connectivity index (χ1) is 7.61. The number of halogens is 1. The van der Waals surface area contributed by atoms with Crippen LogP contribution in [0.15, 0.2) is 0 Å². The Morgan fingerprint density at radius 2 is 1.75 bits per heavy atom. The Morgan fingerprint density at radius 3 is 2.25 bits per heavy atom. The van der Waals surface area contributed by atoms with E-state index in [1.807, 2.05) is 13.8 Å². The minimum absolute atomic E-state index is 0.242. The van der Waals surface area contributed by atoms with Gasteiger partial charge in [0, 0.05) is 12.3 Å². The topological polar surface area (TPSA) is 17.1 Å². The maximum absolute atomic E-state index is 14.0. The Balaban J connectivity index is 2.33. The summed E-state index contributed by atoms with van der Waals surface area (Å²) in [6.45, 7) is 3.74. The summed E-state index contributed by atoms with van der Waals surface area (Å²) < 4.78 is 14.0. The third kappa shape index (κ3) is 3.88. The maximum Gasteiger partial charge on any atom is 0.136 e. The van der Waals surface area contributed by atoms with Crippen molar-refractivity contribution >= 4 is 5.78 Å². The van der Waals surface area contributed by atoms with Crippen molar-refractivity contribution in [1.29, 1.82) is 0 Å². The first-order valence-electron chi connectivity index (χ1n) is 6.83. The molecule has 1 aliphatic rings. The molecule has 0 atom stereocenters. The monoisotopic (exact) mass is 228 g/mol. The van der Waals surface area contributed by atoms with Crippen LogP contribution in [0.1, 0.15) is 71.6 Å². The Labute approximate surface area is 98.8 Å². The number of hydrogen-bond donors (Lipinski definition) is 0. The highest BCUT2D eigenvalue weighted by Gasteiger charge is 2.28. The van der Waals surface area contributed by atoms with E-state index in [9.17, 15) is 9.18 Å². The molecule has 1 aliphatic carbocycles. The van der Waals surface area contributed by atoms with E-state index in [1.165, 1.54) is 19.3 Å². The Bertz CT molecular complexity index is 215. The maximum atomic E-state index is 14.0. The molecule has 0 aromatic heterocycles. The Hall–Kier alpha value is -0.400. The third-order valence-electron chi connectivity index (χ3n) is 4.15. The molecule has 0 spiro atoms. The van der Waals surface area contributed by atoms with Crippen LogP contribution in [-0.4, -0.2) is 11.5 Å². The quantitative estimate of drug-likeness (QED) is 0.656. The summed E-state index contributed by atoms with van der Waals surface area (Å²) in [5, 5.41) is 0. The van der Waals surface area contributed by atoms with E-state index in [4.69, 9.17) is 0 Å². The number of rotatable bonds is 6. The van der Waals surface area contributed by atoms with Crippen molar-refractivity contribution in [2.24, 2.45) is 5.92 Å². The van der Waals surface area contributed by atoms with Gasteiger partial charge in [-0.15, -0.1) is 0 Å². The molecule has 0 aromatic rings. The molecule has 16 heavy (non-hydrogen) atoms. The lowest BCUT2D eigenvalue weighted by Gasteiger charge is -2.24.